The Morgan fingerprint density at radius 2 is 1.75 bits per heavy atom. The first-order valence-electron chi connectivity index (χ1n) is 6.54. The first kappa shape index (κ1) is 15.4. The third kappa shape index (κ3) is 9.97. The van der Waals surface area contributed by atoms with Crippen LogP contribution in [0.3, 0.4) is 0 Å². The summed E-state index contributed by atoms with van der Waals surface area (Å²) in [5.41, 5.74) is 0. The van der Waals surface area contributed by atoms with Crippen LogP contribution in [0.5, 0.6) is 0 Å². The van der Waals surface area contributed by atoms with Gasteiger partial charge >= 0.3 is 5.97 Å². The first-order chi connectivity index (χ1) is 7.70. The molecule has 0 aromatic carbocycles. The largest absolute Gasteiger partial charge is 0.481 e. The summed E-state index contributed by atoms with van der Waals surface area (Å²) < 4.78 is 5.53. The lowest BCUT2D eigenvalue weighted by Crippen LogP contribution is -2.17. The number of carboxylic acids is 1. The molecule has 3 nitrogen and oxygen atoms in total. The van der Waals surface area contributed by atoms with Crippen molar-refractivity contribution in [1.82, 2.24) is 0 Å². The van der Waals surface area contributed by atoms with Gasteiger partial charge in [0.2, 0.25) is 0 Å². The van der Waals surface area contributed by atoms with Crippen LogP contribution in [-0.2, 0) is 9.53 Å². The number of carbonyl (C=O) groups is 1. The van der Waals surface area contributed by atoms with E-state index in [4.69, 9.17) is 9.84 Å². The Hall–Kier alpha value is -0.570. The molecule has 0 rings (SSSR count). The minimum absolute atomic E-state index is 0.104. The molecule has 0 amide bonds. The fourth-order valence-electron chi connectivity index (χ4n) is 1.65. The summed E-state index contributed by atoms with van der Waals surface area (Å²) in [6.45, 7) is 4.88. The quantitative estimate of drug-likeness (QED) is 0.551. The molecule has 0 aromatic rings. The Kier molecular flexibility index (Phi) is 10.5. The molecule has 0 heterocycles. The topological polar surface area (TPSA) is 46.5 Å². The smallest absolute Gasteiger partial charge is 0.305 e. The molecule has 0 aliphatic carbocycles. The standard InChI is InChI=1S/C13H26O3/c1-3-5-6-7-8-9-10-16-12(4-2)11-13(14)15/h12H,3-11H2,1-2H3,(H,14,15). The summed E-state index contributed by atoms with van der Waals surface area (Å²) >= 11 is 0. The van der Waals surface area contributed by atoms with Crippen LogP contribution in [0.25, 0.3) is 0 Å². The predicted molar refractivity (Wildman–Crippen MR) is 65.7 cm³/mol. The van der Waals surface area contributed by atoms with Gasteiger partial charge in [-0.3, -0.25) is 4.79 Å². The van der Waals surface area contributed by atoms with E-state index in [0.29, 0.717) is 6.61 Å². The summed E-state index contributed by atoms with van der Waals surface area (Å²) in [4.78, 5) is 10.5. The highest BCUT2D eigenvalue weighted by atomic mass is 16.5. The lowest BCUT2D eigenvalue weighted by Gasteiger charge is -2.13. The van der Waals surface area contributed by atoms with Gasteiger partial charge in [-0.15, -0.1) is 0 Å². The van der Waals surface area contributed by atoms with Crippen LogP contribution < -0.4 is 0 Å². The highest BCUT2D eigenvalue weighted by Gasteiger charge is 2.10. The van der Waals surface area contributed by atoms with Crippen LogP contribution in [0, 0.1) is 0 Å². The van der Waals surface area contributed by atoms with E-state index in [2.05, 4.69) is 6.92 Å². The first-order valence-corrected chi connectivity index (χ1v) is 6.54. The predicted octanol–water partition coefficient (Wildman–Crippen LogP) is 3.62. The van der Waals surface area contributed by atoms with Crippen LogP contribution >= 0.6 is 0 Å². The average Bonchev–Trinajstić information content (AvgIpc) is 2.25. The Morgan fingerprint density at radius 1 is 1.12 bits per heavy atom. The molecule has 0 saturated carbocycles. The van der Waals surface area contributed by atoms with Gasteiger partial charge in [0.05, 0.1) is 12.5 Å². The molecule has 1 atom stereocenters. The van der Waals surface area contributed by atoms with Gasteiger partial charge in [-0.05, 0) is 12.8 Å². The third-order valence-electron chi connectivity index (χ3n) is 2.71. The maximum absolute atomic E-state index is 10.5. The van der Waals surface area contributed by atoms with Crippen molar-refractivity contribution in [2.45, 2.75) is 71.3 Å². The van der Waals surface area contributed by atoms with Crippen LogP contribution in [0.15, 0.2) is 0 Å². The van der Waals surface area contributed by atoms with Crippen LogP contribution in [-0.4, -0.2) is 23.8 Å². The molecule has 0 fully saturated rings. The second-order valence-corrected chi connectivity index (χ2v) is 4.27. The molecule has 0 aliphatic rings. The van der Waals surface area contributed by atoms with Gasteiger partial charge < -0.3 is 9.84 Å². The molecule has 1 N–H and O–H groups in total. The van der Waals surface area contributed by atoms with Gasteiger partial charge in [0.15, 0.2) is 0 Å². The van der Waals surface area contributed by atoms with E-state index in [0.717, 1.165) is 12.8 Å². The number of carboxylic acid groups (broad SMARTS) is 1. The molecule has 0 bridgehead atoms. The van der Waals surface area contributed by atoms with Gasteiger partial charge in [-0.25, -0.2) is 0 Å². The summed E-state index contributed by atoms with van der Waals surface area (Å²) in [5.74, 6) is -0.769. The lowest BCUT2D eigenvalue weighted by atomic mass is 10.1. The number of rotatable bonds is 11. The maximum Gasteiger partial charge on any atom is 0.305 e. The van der Waals surface area contributed by atoms with Crippen LogP contribution in [0.1, 0.15) is 65.2 Å². The molecule has 0 saturated heterocycles. The highest BCUT2D eigenvalue weighted by molar-refractivity contribution is 5.67. The minimum Gasteiger partial charge on any atom is -0.481 e. The van der Waals surface area contributed by atoms with Crippen molar-refractivity contribution < 1.29 is 14.6 Å². The van der Waals surface area contributed by atoms with Crippen molar-refractivity contribution >= 4 is 5.97 Å². The van der Waals surface area contributed by atoms with E-state index in [-0.39, 0.29) is 12.5 Å². The van der Waals surface area contributed by atoms with E-state index in [9.17, 15) is 4.79 Å². The van der Waals surface area contributed by atoms with Gasteiger partial charge in [-0.2, -0.15) is 0 Å². The fraction of sp³-hybridized carbons (Fsp3) is 0.923. The van der Waals surface area contributed by atoms with Crippen molar-refractivity contribution in [2.24, 2.45) is 0 Å². The number of ether oxygens (including phenoxy) is 1. The summed E-state index contributed by atoms with van der Waals surface area (Å²) in [6, 6.07) is 0. The Bertz CT molecular complexity index is 169. The molecule has 0 aromatic heterocycles. The zero-order valence-electron chi connectivity index (χ0n) is 10.7. The van der Waals surface area contributed by atoms with Crippen LogP contribution in [0.2, 0.25) is 0 Å². The second kappa shape index (κ2) is 10.9. The van der Waals surface area contributed by atoms with Gasteiger partial charge in [0.1, 0.15) is 0 Å². The maximum atomic E-state index is 10.5. The molecule has 16 heavy (non-hydrogen) atoms. The number of hydrogen-bond donors (Lipinski definition) is 1. The molecule has 96 valence electrons. The number of hydrogen-bond acceptors (Lipinski definition) is 2. The SMILES string of the molecule is CCCCCCCCOC(CC)CC(=O)O. The van der Waals surface area contributed by atoms with E-state index in [1.54, 1.807) is 0 Å². The van der Waals surface area contributed by atoms with Crippen molar-refractivity contribution in [2.75, 3.05) is 6.61 Å². The second-order valence-electron chi connectivity index (χ2n) is 4.27. The molecular formula is C13H26O3. The summed E-state index contributed by atoms with van der Waals surface area (Å²) in [7, 11) is 0. The summed E-state index contributed by atoms with van der Waals surface area (Å²) in [5, 5.41) is 8.63. The van der Waals surface area contributed by atoms with E-state index in [1.807, 2.05) is 6.92 Å². The summed E-state index contributed by atoms with van der Waals surface area (Å²) in [6.07, 6.45) is 8.23. The molecule has 1 unspecified atom stereocenters. The Morgan fingerprint density at radius 3 is 2.31 bits per heavy atom. The normalized spacial score (nSPS) is 12.6. The number of unbranched alkanes of at least 4 members (excludes halogenated alkanes) is 5. The third-order valence-corrected chi connectivity index (χ3v) is 2.71. The zero-order chi connectivity index (χ0) is 12.2. The Labute approximate surface area is 99.2 Å². The molecule has 0 spiro atoms. The number of aliphatic carboxylic acids is 1. The lowest BCUT2D eigenvalue weighted by molar-refractivity contribution is -0.140. The van der Waals surface area contributed by atoms with E-state index < -0.39 is 5.97 Å². The van der Waals surface area contributed by atoms with Crippen molar-refractivity contribution in [3.63, 3.8) is 0 Å². The van der Waals surface area contributed by atoms with Crippen LogP contribution in [0.4, 0.5) is 0 Å². The zero-order valence-corrected chi connectivity index (χ0v) is 10.7. The molecule has 0 radical (unpaired) electrons. The van der Waals surface area contributed by atoms with Crippen molar-refractivity contribution in [3.05, 3.63) is 0 Å². The average molecular weight is 230 g/mol. The molecule has 3 heteroatoms. The van der Waals surface area contributed by atoms with Crippen molar-refractivity contribution in [1.29, 1.82) is 0 Å². The van der Waals surface area contributed by atoms with Gasteiger partial charge in [-0.1, -0.05) is 46.0 Å². The highest BCUT2D eigenvalue weighted by Crippen LogP contribution is 2.08. The minimum atomic E-state index is -0.769. The van der Waals surface area contributed by atoms with E-state index in [1.165, 1.54) is 32.1 Å². The monoisotopic (exact) mass is 230 g/mol. The van der Waals surface area contributed by atoms with Crippen molar-refractivity contribution in [3.8, 4) is 0 Å². The van der Waals surface area contributed by atoms with Gasteiger partial charge in [0.25, 0.3) is 0 Å². The fourth-order valence-corrected chi connectivity index (χ4v) is 1.65. The molecular weight excluding hydrogens is 204 g/mol. The van der Waals surface area contributed by atoms with E-state index >= 15 is 0 Å². The Balaban J connectivity index is 3.31. The van der Waals surface area contributed by atoms with Gasteiger partial charge in [0, 0.05) is 6.61 Å². The molecule has 0 aliphatic heterocycles.